The van der Waals surface area contributed by atoms with E-state index in [-0.39, 0.29) is 22.5 Å². The number of anilines is 1. The van der Waals surface area contributed by atoms with E-state index in [0.29, 0.717) is 6.07 Å². The first kappa shape index (κ1) is 18.5. The van der Waals surface area contributed by atoms with E-state index in [1.807, 2.05) is 0 Å². The standard InChI is InChI=1S/C19H11F5N2O/c20-13-5-2-6-14(21)15(13)17-16(25)12(7-8-26-17)18(27)10-3-1-4-11(9-10)19(22,23)24/h1-9H,25H2. The Morgan fingerprint density at radius 2 is 1.59 bits per heavy atom. The van der Waals surface area contributed by atoms with Crippen LogP contribution in [0, 0.1) is 11.6 Å². The molecule has 0 saturated carbocycles. The van der Waals surface area contributed by atoms with Crippen molar-refractivity contribution in [3.63, 3.8) is 0 Å². The summed E-state index contributed by atoms with van der Waals surface area (Å²) in [5, 5.41) is 0. The van der Waals surface area contributed by atoms with E-state index in [9.17, 15) is 26.7 Å². The second kappa shape index (κ2) is 6.79. The van der Waals surface area contributed by atoms with Gasteiger partial charge in [0.25, 0.3) is 0 Å². The average Bonchev–Trinajstić information content (AvgIpc) is 2.62. The molecule has 0 aliphatic carbocycles. The largest absolute Gasteiger partial charge is 0.416 e. The maximum Gasteiger partial charge on any atom is 0.416 e. The van der Waals surface area contributed by atoms with Crippen LogP contribution < -0.4 is 5.73 Å². The lowest BCUT2D eigenvalue weighted by atomic mass is 9.98. The number of nitrogens with zero attached hydrogens (tertiary/aromatic N) is 1. The first-order valence-electron chi connectivity index (χ1n) is 7.61. The molecule has 27 heavy (non-hydrogen) atoms. The molecule has 0 radical (unpaired) electrons. The van der Waals surface area contributed by atoms with Crippen LogP contribution in [0.3, 0.4) is 0 Å². The summed E-state index contributed by atoms with van der Waals surface area (Å²) in [4.78, 5) is 16.5. The Kier molecular flexibility index (Phi) is 4.65. The number of aromatic nitrogens is 1. The van der Waals surface area contributed by atoms with Crippen LogP contribution in [0.25, 0.3) is 11.3 Å². The Morgan fingerprint density at radius 3 is 2.22 bits per heavy atom. The highest BCUT2D eigenvalue weighted by Gasteiger charge is 2.31. The van der Waals surface area contributed by atoms with Crippen LogP contribution in [-0.2, 0) is 6.18 Å². The van der Waals surface area contributed by atoms with Crippen molar-refractivity contribution in [2.75, 3.05) is 5.73 Å². The summed E-state index contributed by atoms with van der Waals surface area (Å²) in [5.41, 5.74) is 3.26. The lowest BCUT2D eigenvalue weighted by Gasteiger charge is -2.12. The second-order valence-electron chi connectivity index (χ2n) is 5.63. The van der Waals surface area contributed by atoms with Crippen molar-refractivity contribution < 1.29 is 26.7 Å². The maximum atomic E-state index is 14.0. The number of hydrogen-bond donors (Lipinski definition) is 1. The van der Waals surface area contributed by atoms with E-state index in [1.54, 1.807) is 0 Å². The molecule has 0 aliphatic heterocycles. The van der Waals surface area contributed by atoms with E-state index in [4.69, 9.17) is 5.73 Å². The molecule has 3 nitrogen and oxygen atoms in total. The Labute approximate surface area is 150 Å². The maximum absolute atomic E-state index is 14.0. The molecule has 0 saturated heterocycles. The Bertz CT molecular complexity index is 1010. The Morgan fingerprint density at radius 1 is 0.963 bits per heavy atom. The molecule has 1 aromatic heterocycles. The number of benzene rings is 2. The van der Waals surface area contributed by atoms with Gasteiger partial charge in [0.1, 0.15) is 11.6 Å². The fraction of sp³-hybridized carbons (Fsp3) is 0.0526. The number of rotatable bonds is 3. The van der Waals surface area contributed by atoms with Gasteiger partial charge < -0.3 is 5.73 Å². The van der Waals surface area contributed by atoms with Crippen LogP contribution in [-0.4, -0.2) is 10.8 Å². The Hall–Kier alpha value is -3.29. The van der Waals surface area contributed by atoms with E-state index < -0.39 is 34.7 Å². The zero-order chi connectivity index (χ0) is 19.8. The summed E-state index contributed by atoms with van der Waals surface area (Å²) in [5.74, 6) is -2.69. The van der Waals surface area contributed by atoms with Gasteiger partial charge in [-0.15, -0.1) is 0 Å². The van der Waals surface area contributed by atoms with Gasteiger partial charge in [-0.3, -0.25) is 9.78 Å². The van der Waals surface area contributed by atoms with Gasteiger partial charge in [0.05, 0.1) is 22.5 Å². The van der Waals surface area contributed by atoms with Crippen molar-refractivity contribution in [3.05, 3.63) is 83.1 Å². The van der Waals surface area contributed by atoms with Crippen molar-refractivity contribution in [3.8, 4) is 11.3 Å². The summed E-state index contributed by atoms with van der Waals surface area (Å²) in [6.45, 7) is 0. The van der Waals surface area contributed by atoms with Crippen LogP contribution in [0.2, 0.25) is 0 Å². The fourth-order valence-electron chi connectivity index (χ4n) is 2.59. The number of carbonyl (C=O) groups is 1. The van der Waals surface area contributed by atoms with Crippen LogP contribution in [0.5, 0.6) is 0 Å². The molecule has 3 aromatic rings. The summed E-state index contributed by atoms with van der Waals surface area (Å²) < 4.78 is 66.6. The minimum Gasteiger partial charge on any atom is -0.396 e. The molecule has 138 valence electrons. The molecule has 2 N–H and O–H groups in total. The molecule has 0 unspecified atom stereocenters. The molecule has 3 rings (SSSR count). The smallest absolute Gasteiger partial charge is 0.396 e. The first-order valence-corrected chi connectivity index (χ1v) is 7.61. The fourth-order valence-corrected chi connectivity index (χ4v) is 2.59. The number of pyridine rings is 1. The lowest BCUT2D eigenvalue weighted by molar-refractivity contribution is -0.137. The van der Waals surface area contributed by atoms with Crippen molar-refractivity contribution >= 4 is 11.5 Å². The lowest BCUT2D eigenvalue weighted by Crippen LogP contribution is -2.11. The second-order valence-corrected chi connectivity index (χ2v) is 5.63. The number of hydrogen-bond acceptors (Lipinski definition) is 3. The minimum atomic E-state index is -4.62. The first-order chi connectivity index (χ1) is 12.7. The average molecular weight is 378 g/mol. The summed E-state index contributed by atoms with van der Waals surface area (Å²) in [6, 6.07) is 8.13. The van der Waals surface area contributed by atoms with Gasteiger partial charge >= 0.3 is 6.18 Å². The summed E-state index contributed by atoms with van der Waals surface area (Å²) in [6.07, 6.45) is -3.51. The highest BCUT2D eigenvalue weighted by molar-refractivity contribution is 6.13. The quantitative estimate of drug-likeness (QED) is 0.523. The van der Waals surface area contributed by atoms with Crippen LogP contribution in [0.15, 0.2) is 54.7 Å². The summed E-state index contributed by atoms with van der Waals surface area (Å²) >= 11 is 0. The van der Waals surface area contributed by atoms with Crippen molar-refractivity contribution in [2.24, 2.45) is 0 Å². The molecular weight excluding hydrogens is 367 g/mol. The molecule has 0 aliphatic rings. The van der Waals surface area contributed by atoms with E-state index in [1.165, 1.54) is 12.1 Å². The van der Waals surface area contributed by atoms with E-state index in [2.05, 4.69) is 4.98 Å². The zero-order valence-electron chi connectivity index (χ0n) is 13.5. The van der Waals surface area contributed by atoms with E-state index >= 15 is 0 Å². The number of alkyl halides is 3. The van der Waals surface area contributed by atoms with Crippen LogP contribution in [0.4, 0.5) is 27.6 Å². The number of nitrogens with two attached hydrogens (primary N) is 1. The van der Waals surface area contributed by atoms with Crippen molar-refractivity contribution in [2.45, 2.75) is 6.18 Å². The highest BCUT2D eigenvalue weighted by Crippen LogP contribution is 2.33. The Balaban J connectivity index is 2.11. The molecule has 2 aromatic carbocycles. The van der Waals surface area contributed by atoms with Crippen LogP contribution in [0.1, 0.15) is 21.5 Å². The van der Waals surface area contributed by atoms with Gasteiger partial charge in [-0.25, -0.2) is 8.78 Å². The molecule has 1 heterocycles. The number of ketones is 1. The molecule has 0 bridgehead atoms. The third-order valence-corrected chi connectivity index (χ3v) is 3.89. The van der Waals surface area contributed by atoms with Gasteiger partial charge in [0, 0.05) is 17.3 Å². The predicted molar refractivity (Wildman–Crippen MR) is 88.9 cm³/mol. The molecular formula is C19H11F5N2O. The SMILES string of the molecule is Nc1c(C(=O)c2cccc(C(F)(F)F)c2)ccnc1-c1c(F)cccc1F. The van der Waals surface area contributed by atoms with Crippen molar-refractivity contribution in [1.82, 2.24) is 4.98 Å². The van der Waals surface area contributed by atoms with Crippen molar-refractivity contribution in [1.29, 1.82) is 0 Å². The van der Waals surface area contributed by atoms with Gasteiger partial charge in [-0.2, -0.15) is 13.2 Å². The van der Waals surface area contributed by atoms with E-state index in [0.717, 1.165) is 36.5 Å². The summed E-state index contributed by atoms with van der Waals surface area (Å²) in [7, 11) is 0. The third kappa shape index (κ3) is 3.51. The zero-order valence-corrected chi connectivity index (χ0v) is 13.5. The normalized spacial score (nSPS) is 11.4. The highest BCUT2D eigenvalue weighted by atomic mass is 19.4. The van der Waals surface area contributed by atoms with Gasteiger partial charge in [0.15, 0.2) is 5.78 Å². The van der Waals surface area contributed by atoms with Gasteiger partial charge in [0.2, 0.25) is 0 Å². The topological polar surface area (TPSA) is 56.0 Å². The molecule has 8 heteroatoms. The number of carbonyl (C=O) groups excluding carboxylic acids is 1. The molecule has 0 spiro atoms. The van der Waals surface area contributed by atoms with Gasteiger partial charge in [-0.05, 0) is 30.3 Å². The number of halogens is 5. The number of nitrogen functional groups attached to an aromatic ring is 1. The molecule has 0 fully saturated rings. The molecule has 0 atom stereocenters. The molecule has 0 amide bonds. The minimum absolute atomic E-state index is 0.207. The van der Waals surface area contributed by atoms with Gasteiger partial charge in [-0.1, -0.05) is 18.2 Å². The van der Waals surface area contributed by atoms with Crippen LogP contribution >= 0.6 is 0 Å². The third-order valence-electron chi connectivity index (χ3n) is 3.89. The predicted octanol–water partition coefficient (Wildman–Crippen LogP) is 4.86. The monoisotopic (exact) mass is 378 g/mol.